The zero-order valence-corrected chi connectivity index (χ0v) is 16.4. The van der Waals surface area contributed by atoms with Gasteiger partial charge in [0.2, 0.25) is 0 Å². The molecule has 0 bridgehead atoms. The van der Waals surface area contributed by atoms with Crippen molar-refractivity contribution in [1.82, 2.24) is 15.1 Å². The van der Waals surface area contributed by atoms with Crippen molar-refractivity contribution in [1.29, 1.82) is 5.26 Å². The van der Waals surface area contributed by atoms with Crippen molar-refractivity contribution >= 4 is 11.9 Å². The van der Waals surface area contributed by atoms with Crippen LogP contribution in [-0.4, -0.2) is 33.8 Å². The van der Waals surface area contributed by atoms with Gasteiger partial charge in [-0.3, -0.25) is 9.59 Å². The first-order valence-corrected chi connectivity index (χ1v) is 9.32. The fourth-order valence-corrected chi connectivity index (χ4v) is 3.30. The zero-order valence-electron chi connectivity index (χ0n) is 16.4. The highest BCUT2D eigenvalue weighted by atomic mass is 16.5. The first kappa shape index (κ1) is 19.6. The Morgan fingerprint density at radius 2 is 2.00 bits per heavy atom. The first-order chi connectivity index (χ1) is 13.3. The van der Waals surface area contributed by atoms with E-state index in [0.717, 1.165) is 35.5 Å². The third-order valence-electron chi connectivity index (χ3n) is 5.15. The Balaban J connectivity index is 1.59. The van der Waals surface area contributed by atoms with E-state index in [1.165, 1.54) is 0 Å². The van der Waals surface area contributed by atoms with Crippen LogP contribution in [-0.2, 0) is 20.7 Å². The summed E-state index contributed by atoms with van der Waals surface area (Å²) in [4.78, 5) is 24.3. The topological polar surface area (TPSA) is 97.0 Å². The summed E-state index contributed by atoms with van der Waals surface area (Å²) in [6.45, 7) is 5.05. The van der Waals surface area contributed by atoms with Crippen molar-refractivity contribution in [2.45, 2.75) is 45.6 Å². The largest absolute Gasteiger partial charge is 0.455 e. The standard InChI is InChI=1S/C21H24N4O3/c1-14-18(15(2)25(24-14)17-7-5-4-6-8-17)11-20(27)28-12-19(26)23-21(3,13-22)16-9-10-16/h4-8,16H,9-12H2,1-3H3,(H,23,26)/t21-/m0/s1. The second-order valence-corrected chi connectivity index (χ2v) is 7.37. The third kappa shape index (κ3) is 4.22. The molecule has 1 N–H and O–H groups in total. The fourth-order valence-electron chi connectivity index (χ4n) is 3.30. The maximum atomic E-state index is 12.2. The third-order valence-corrected chi connectivity index (χ3v) is 5.15. The minimum absolute atomic E-state index is 0.0376. The lowest BCUT2D eigenvalue weighted by Crippen LogP contribution is -2.48. The van der Waals surface area contributed by atoms with Crippen molar-refractivity contribution < 1.29 is 14.3 Å². The molecule has 1 aromatic carbocycles. The number of aryl methyl sites for hydroxylation is 1. The quantitative estimate of drug-likeness (QED) is 0.744. The highest BCUT2D eigenvalue weighted by molar-refractivity contribution is 5.82. The monoisotopic (exact) mass is 380 g/mol. The molecule has 7 heteroatoms. The van der Waals surface area contributed by atoms with Gasteiger partial charge in [0.25, 0.3) is 5.91 Å². The number of para-hydroxylation sites is 1. The van der Waals surface area contributed by atoms with Crippen molar-refractivity contribution in [2.24, 2.45) is 5.92 Å². The molecule has 7 nitrogen and oxygen atoms in total. The van der Waals surface area contributed by atoms with E-state index >= 15 is 0 Å². The van der Waals surface area contributed by atoms with Gasteiger partial charge in [0.15, 0.2) is 6.61 Å². The summed E-state index contributed by atoms with van der Waals surface area (Å²) < 4.78 is 6.92. The smallest absolute Gasteiger partial charge is 0.310 e. The zero-order chi connectivity index (χ0) is 20.3. The SMILES string of the molecule is Cc1nn(-c2ccccc2)c(C)c1CC(=O)OCC(=O)N[C@@](C)(C#N)C1CC1. The van der Waals surface area contributed by atoms with Crippen LogP contribution in [0.15, 0.2) is 30.3 Å². The molecule has 146 valence electrons. The molecule has 1 aliphatic carbocycles. The van der Waals surface area contributed by atoms with E-state index in [9.17, 15) is 14.9 Å². The summed E-state index contributed by atoms with van der Waals surface area (Å²) in [5, 5.41) is 16.5. The van der Waals surface area contributed by atoms with E-state index in [1.807, 2.05) is 44.2 Å². The normalized spacial score (nSPS) is 15.4. The summed E-state index contributed by atoms with van der Waals surface area (Å²) >= 11 is 0. The number of nitrogens with one attached hydrogen (secondary N) is 1. The van der Waals surface area contributed by atoms with E-state index in [2.05, 4.69) is 16.5 Å². The lowest BCUT2D eigenvalue weighted by atomic mass is 9.98. The minimum atomic E-state index is -0.895. The number of nitrogens with zero attached hydrogens (tertiary/aromatic N) is 3. The molecule has 1 heterocycles. The number of carbonyl (C=O) groups is 2. The van der Waals surface area contributed by atoms with E-state index in [4.69, 9.17) is 4.74 Å². The molecule has 1 aromatic heterocycles. The summed E-state index contributed by atoms with van der Waals surface area (Å²) in [7, 11) is 0. The molecule has 0 spiro atoms. The van der Waals surface area contributed by atoms with Crippen LogP contribution in [0.3, 0.4) is 0 Å². The fraction of sp³-hybridized carbons (Fsp3) is 0.429. The molecule has 0 unspecified atom stereocenters. The number of carbonyl (C=O) groups excluding carboxylic acids is 2. The Hall–Kier alpha value is -3.14. The molecule has 1 atom stereocenters. The van der Waals surface area contributed by atoms with Gasteiger partial charge in [0.05, 0.1) is 23.9 Å². The van der Waals surface area contributed by atoms with Gasteiger partial charge >= 0.3 is 5.97 Å². The molecule has 1 fully saturated rings. The molecule has 0 aliphatic heterocycles. The van der Waals surface area contributed by atoms with Gasteiger partial charge in [-0.25, -0.2) is 4.68 Å². The highest BCUT2D eigenvalue weighted by Crippen LogP contribution is 2.39. The van der Waals surface area contributed by atoms with Crippen LogP contribution in [0.25, 0.3) is 5.69 Å². The van der Waals surface area contributed by atoms with Gasteiger partial charge in [-0.15, -0.1) is 0 Å². The van der Waals surface area contributed by atoms with Crippen LogP contribution >= 0.6 is 0 Å². The molecular weight excluding hydrogens is 356 g/mol. The number of amides is 1. The highest BCUT2D eigenvalue weighted by Gasteiger charge is 2.43. The average molecular weight is 380 g/mol. The molecular formula is C21H24N4O3. The molecule has 1 amide bonds. The van der Waals surface area contributed by atoms with E-state index in [0.29, 0.717) is 0 Å². The second kappa shape index (κ2) is 7.85. The van der Waals surface area contributed by atoms with Crippen LogP contribution in [0.5, 0.6) is 0 Å². The van der Waals surface area contributed by atoms with Crippen LogP contribution in [0.1, 0.15) is 36.7 Å². The number of benzene rings is 1. The molecule has 1 saturated carbocycles. The Bertz CT molecular complexity index is 925. The molecule has 3 rings (SSSR count). The second-order valence-electron chi connectivity index (χ2n) is 7.37. The number of rotatable bonds is 7. The van der Waals surface area contributed by atoms with Gasteiger partial charge in [0.1, 0.15) is 5.54 Å². The molecule has 28 heavy (non-hydrogen) atoms. The van der Waals surface area contributed by atoms with Crippen LogP contribution in [0.4, 0.5) is 0 Å². The number of hydrogen-bond donors (Lipinski definition) is 1. The Labute approximate surface area is 164 Å². The van der Waals surface area contributed by atoms with E-state index < -0.39 is 24.0 Å². The van der Waals surface area contributed by atoms with Gasteiger partial charge < -0.3 is 10.1 Å². The minimum Gasteiger partial charge on any atom is -0.455 e. The average Bonchev–Trinajstić information content (AvgIpc) is 3.51. The van der Waals surface area contributed by atoms with Gasteiger partial charge in [-0.2, -0.15) is 10.4 Å². The molecule has 0 saturated heterocycles. The van der Waals surface area contributed by atoms with Crippen molar-refractivity contribution in [3.8, 4) is 11.8 Å². The van der Waals surface area contributed by atoms with Crippen LogP contribution in [0, 0.1) is 31.1 Å². The van der Waals surface area contributed by atoms with Crippen molar-refractivity contribution in [3.05, 3.63) is 47.3 Å². The van der Waals surface area contributed by atoms with E-state index in [1.54, 1.807) is 11.6 Å². The molecule has 1 aliphatic rings. The number of hydrogen-bond acceptors (Lipinski definition) is 5. The van der Waals surface area contributed by atoms with Gasteiger partial charge in [-0.05, 0) is 51.7 Å². The number of nitriles is 1. The number of aromatic nitrogens is 2. The van der Waals surface area contributed by atoms with Crippen LogP contribution < -0.4 is 5.32 Å². The lowest BCUT2D eigenvalue weighted by Gasteiger charge is -2.22. The van der Waals surface area contributed by atoms with Crippen LogP contribution in [0.2, 0.25) is 0 Å². The summed E-state index contributed by atoms with van der Waals surface area (Å²) in [5.74, 6) is -0.789. The van der Waals surface area contributed by atoms with Gasteiger partial charge in [-0.1, -0.05) is 18.2 Å². The number of ether oxygens (including phenoxy) is 1. The van der Waals surface area contributed by atoms with Crippen molar-refractivity contribution in [3.63, 3.8) is 0 Å². The molecule has 0 radical (unpaired) electrons. The lowest BCUT2D eigenvalue weighted by molar-refractivity contribution is -0.148. The maximum absolute atomic E-state index is 12.2. The Morgan fingerprint density at radius 3 is 2.61 bits per heavy atom. The summed E-state index contributed by atoms with van der Waals surface area (Å²) in [6.07, 6.45) is 1.89. The maximum Gasteiger partial charge on any atom is 0.310 e. The summed E-state index contributed by atoms with van der Waals surface area (Å²) in [6, 6.07) is 11.8. The van der Waals surface area contributed by atoms with Crippen molar-refractivity contribution in [2.75, 3.05) is 6.61 Å². The summed E-state index contributed by atoms with van der Waals surface area (Å²) in [5.41, 5.74) is 2.41. The Morgan fingerprint density at radius 1 is 1.32 bits per heavy atom. The number of esters is 1. The first-order valence-electron chi connectivity index (χ1n) is 9.32. The van der Waals surface area contributed by atoms with Gasteiger partial charge in [0, 0.05) is 11.3 Å². The van der Waals surface area contributed by atoms with E-state index in [-0.39, 0.29) is 12.3 Å². The predicted octanol–water partition coefficient (Wildman–Crippen LogP) is 2.38. The Kier molecular flexibility index (Phi) is 5.50. The predicted molar refractivity (Wildman–Crippen MR) is 103 cm³/mol. The molecule has 2 aromatic rings.